The zero-order valence-electron chi connectivity index (χ0n) is 15.8. The van der Waals surface area contributed by atoms with Gasteiger partial charge in [0.25, 0.3) is 0 Å². The second-order valence-corrected chi connectivity index (χ2v) is 7.78. The summed E-state index contributed by atoms with van der Waals surface area (Å²) in [5, 5.41) is 10.4. The van der Waals surface area contributed by atoms with Gasteiger partial charge in [-0.2, -0.15) is 0 Å². The molecule has 1 saturated heterocycles. The minimum atomic E-state index is -0.712. The molecule has 2 aromatic rings. The molecule has 0 amide bonds. The molecule has 0 spiro atoms. The van der Waals surface area contributed by atoms with Crippen molar-refractivity contribution in [1.82, 2.24) is 0 Å². The van der Waals surface area contributed by atoms with E-state index in [2.05, 4.69) is 31.2 Å². The summed E-state index contributed by atoms with van der Waals surface area (Å²) in [5.41, 5.74) is 2.26. The largest absolute Gasteiger partial charge is 0.497 e. The fourth-order valence-corrected chi connectivity index (χ4v) is 4.14. The minimum absolute atomic E-state index is 0.159. The van der Waals surface area contributed by atoms with Gasteiger partial charge in [-0.15, -0.1) is 11.8 Å². The quantitative estimate of drug-likeness (QED) is 0.745. The van der Waals surface area contributed by atoms with Gasteiger partial charge in [-0.05, 0) is 36.8 Å². The van der Waals surface area contributed by atoms with E-state index in [0.717, 1.165) is 16.2 Å². The summed E-state index contributed by atoms with van der Waals surface area (Å²) in [7, 11) is 3.19. The van der Waals surface area contributed by atoms with Crippen LogP contribution in [-0.2, 0) is 20.8 Å². The molecule has 1 heterocycles. The molecule has 0 bridgehead atoms. The highest BCUT2D eigenvalue weighted by Gasteiger charge is 2.44. The molecule has 1 aliphatic rings. The third-order valence-corrected chi connectivity index (χ3v) is 5.93. The van der Waals surface area contributed by atoms with Crippen LogP contribution in [0.1, 0.15) is 11.1 Å². The second kappa shape index (κ2) is 9.57. The van der Waals surface area contributed by atoms with Gasteiger partial charge in [0.05, 0.1) is 31.7 Å². The molecule has 0 aromatic heterocycles. The predicted octanol–water partition coefficient (Wildman–Crippen LogP) is 3.41. The van der Waals surface area contributed by atoms with Crippen LogP contribution in [0.15, 0.2) is 53.4 Å². The Morgan fingerprint density at radius 3 is 2.37 bits per heavy atom. The van der Waals surface area contributed by atoms with Crippen LogP contribution in [0.4, 0.5) is 0 Å². The maximum absolute atomic E-state index is 10.6. The molecule has 0 radical (unpaired) electrons. The van der Waals surface area contributed by atoms with Crippen LogP contribution in [-0.4, -0.2) is 49.7 Å². The van der Waals surface area contributed by atoms with E-state index >= 15 is 0 Å². The number of thioether (sulfide) groups is 1. The average molecular weight is 391 g/mol. The van der Waals surface area contributed by atoms with Gasteiger partial charge in [-0.25, -0.2) is 0 Å². The van der Waals surface area contributed by atoms with Crippen molar-refractivity contribution in [3.05, 3.63) is 59.7 Å². The number of hydrogen-bond donors (Lipinski definition) is 1. The fraction of sp³-hybridized carbons (Fsp3) is 0.429. The summed E-state index contributed by atoms with van der Waals surface area (Å²) < 4.78 is 22.2. The smallest absolute Gasteiger partial charge is 0.184 e. The molecule has 27 heavy (non-hydrogen) atoms. The predicted molar refractivity (Wildman–Crippen MR) is 105 cm³/mol. The summed E-state index contributed by atoms with van der Waals surface area (Å²) in [4.78, 5) is 1.09. The first-order chi connectivity index (χ1) is 13.1. The van der Waals surface area contributed by atoms with E-state index in [1.807, 2.05) is 24.3 Å². The third kappa shape index (κ3) is 5.24. The monoisotopic (exact) mass is 390 g/mol. The SMILES string of the molecule is COc1ccc(COC[C@H]2O[C@@H](OC)[C@H](O)[C@H]2Sc2ccc(C)cc2)cc1. The van der Waals surface area contributed by atoms with Crippen LogP contribution in [0.5, 0.6) is 5.75 Å². The van der Waals surface area contributed by atoms with E-state index in [9.17, 15) is 5.11 Å². The first-order valence-electron chi connectivity index (χ1n) is 8.91. The summed E-state index contributed by atoms with van der Waals surface area (Å²) in [6.45, 7) is 2.91. The number of aliphatic hydroxyl groups excluding tert-OH is 1. The third-order valence-electron chi connectivity index (χ3n) is 4.53. The maximum Gasteiger partial charge on any atom is 0.184 e. The van der Waals surface area contributed by atoms with Gasteiger partial charge < -0.3 is 24.1 Å². The summed E-state index contributed by atoms with van der Waals surface area (Å²) in [6.07, 6.45) is -1.60. The fourth-order valence-electron chi connectivity index (χ4n) is 2.97. The molecular weight excluding hydrogens is 364 g/mol. The van der Waals surface area contributed by atoms with Crippen molar-refractivity contribution in [1.29, 1.82) is 0 Å². The average Bonchev–Trinajstić information content (AvgIpc) is 2.99. The molecule has 1 aliphatic heterocycles. The molecule has 4 atom stereocenters. The minimum Gasteiger partial charge on any atom is -0.497 e. The van der Waals surface area contributed by atoms with Crippen LogP contribution in [0.3, 0.4) is 0 Å². The van der Waals surface area contributed by atoms with E-state index in [4.69, 9.17) is 18.9 Å². The zero-order valence-corrected chi connectivity index (χ0v) is 16.6. The standard InChI is InChI=1S/C21H26O5S/c1-14-4-10-17(11-5-14)27-20-18(26-21(24-3)19(20)22)13-25-12-15-6-8-16(23-2)9-7-15/h4-11,18-22H,12-13H2,1-3H3/t18-,19-,20+,21-/m1/s1. The van der Waals surface area contributed by atoms with Gasteiger partial charge in [0.1, 0.15) is 11.9 Å². The summed E-state index contributed by atoms with van der Waals surface area (Å²) in [6, 6.07) is 16.0. The first kappa shape index (κ1) is 20.2. The van der Waals surface area contributed by atoms with E-state index in [1.165, 1.54) is 5.56 Å². The number of rotatable bonds is 8. The Labute approximate surface area is 164 Å². The molecule has 2 aromatic carbocycles. The van der Waals surface area contributed by atoms with E-state index in [-0.39, 0.29) is 11.4 Å². The van der Waals surface area contributed by atoms with Gasteiger partial charge in [0, 0.05) is 12.0 Å². The van der Waals surface area contributed by atoms with Gasteiger partial charge in [-0.3, -0.25) is 0 Å². The Bertz CT molecular complexity index is 704. The maximum atomic E-state index is 10.6. The van der Waals surface area contributed by atoms with Gasteiger partial charge >= 0.3 is 0 Å². The van der Waals surface area contributed by atoms with Crippen molar-refractivity contribution in [3.63, 3.8) is 0 Å². The molecule has 0 aliphatic carbocycles. The molecule has 1 N–H and O–H groups in total. The molecule has 0 saturated carbocycles. The van der Waals surface area contributed by atoms with Crippen LogP contribution < -0.4 is 4.74 Å². The molecule has 146 valence electrons. The Morgan fingerprint density at radius 2 is 1.74 bits per heavy atom. The molecule has 5 nitrogen and oxygen atoms in total. The Hall–Kier alpha value is -1.57. The normalized spacial score (nSPS) is 24.9. The van der Waals surface area contributed by atoms with Crippen molar-refractivity contribution >= 4 is 11.8 Å². The number of hydrogen-bond acceptors (Lipinski definition) is 6. The number of aliphatic hydroxyl groups is 1. The summed E-state index contributed by atoms with van der Waals surface area (Å²) >= 11 is 1.59. The Kier molecular flexibility index (Phi) is 7.15. The number of methoxy groups -OCH3 is 2. The number of aryl methyl sites for hydroxylation is 1. The topological polar surface area (TPSA) is 57.2 Å². The van der Waals surface area contributed by atoms with Crippen molar-refractivity contribution in [3.8, 4) is 5.75 Å². The Balaban J connectivity index is 1.59. The second-order valence-electron chi connectivity index (χ2n) is 6.53. The Morgan fingerprint density at radius 1 is 1.04 bits per heavy atom. The van der Waals surface area contributed by atoms with Crippen molar-refractivity contribution in [2.45, 2.75) is 42.2 Å². The van der Waals surface area contributed by atoms with Gasteiger partial charge in [0.2, 0.25) is 0 Å². The van der Waals surface area contributed by atoms with E-state index in [0.29, 0.717) is 13.2 Å². The number of ether oxygens (including phenoxy) is 4. The van der Waals surface area contributed by atoms with Crippen molar-refractivity contribution in [2.24, 2.45) is 0 Å². The van der Waals surface area contributed by atoms with Gasteiger partial charge in [-0.1, -0.05) is 29.8 Å². The van der Waals surface area contributed by atoms with Crippen molar-refractivity contribution in [2.75, 3.05) is 20.8 Å². The highest BCUT2D eigenvalue weighted by molar-refractivity contribution is 8.00. The first-order valence-corrected chi connectivity index (χ1v) is 9.79. The van der Waals surface area contributed by atoms with Crippen LogP contribution in [0, 0.1) is 6.92 Å². The van der Waals surface area contributed by atoms with E-state index in [1.54, 1.807) is 26.0 Å². The van der Waals surface area contributed by atoms with Crippen LogP contribution >= 0.6 is 11.8 Å². The lowest BCUT2D eigenvalue weighted by Crippen LogP contribution is -2.32. The van der Waals surface area contributed by atoms with Crippen LogP contribution in [0.2, 0.25) is 0 Å². The van der Waals surface area contributed by atoms with E-state index < -0.39 is 12.4 Å². The van der Waals surface area contributed by atoms with Gasteiger partial charge in [0.15, 0.2) is 6.29 Å². The molecule has 6 heteroatoms. The number of benzene rings is 2. The lowest BCUT2D eigenvalue weighted by Gasteiger charge is -2.19. The van der Waals surface area contributed by atoms with Crippen molar-refractivity contribution < 1.29 is 24.1 Å². The van der Waals surface area contributed by atoms with Crippen LogP contribution in [0.25, 0.3) is 0 Å². The lowest BCUT2D eigenvalue weighted by molar-refractivity contribution is -0.156. The molecule has 3 rings (SSSR count). The highest BCUT2D eigenvalue weighted by atomic mass is 32.2. The summed E-state index contributed by atoms with van der Waals surface area (Å²) in [5.74, 6) is 0.818. The molecular formula is C21H26O5S. The molecule has 0 unspecified atom stereocenters. The zero-order chi connectivity index (χ0) is 19.2. The highest BCUT2D eigenvalue weighted by Crippen LogP contribution is 2.36. The lowest BCUT2D eigenvalue weighted by atomic mass is 10.2. The molecule has 1 fully saturated rings.